The molecule has 4 heteroatoms. The first-order chi connectivity index (χ1) is 6.55. The fraction of sp³-hybridized carbons (Fsp3) is 1.00. The van der Waals surface area contributed by atoms with Crippen LogP contribution < -0.4 is 5.32 Å². The Labute approximate surface area is 87.2 Å². The maximum absolute atomic E-state index is 11.2. The minimum absolute atomic E-state index is 0.269. The lowest BCUT2D eigenvalue weighted by Gasteiger charge is -2.11. The first-order valence-electron chi connectivity index (χ1n) is 5.49. The van der Waals surface area contributed by atoms with Crippen LogP contribution in [0.15, 0.2) is 0 Å². The summed E-state index contributed by atoms with van der Waals surface area (Å²) in [5, 5.41) is 3.38. The molecule has 14 heavy (non-hydrogen) atoms. The van der Waals surface area contributed by atoms with E-state index in [0.717, 1.165) is 18.9 Å². The van der Waals surface area contributed by atoms with Crippen LogP contribution in [0, 0.1) is 5.92 Å². The van der Waals surface area contributed by atoms with Crippen molar-refractivity contribution in [3.63, 3.8) is 0 Å². The van der Waals surface area contributed by atoms with Crippen molar-refractivity contribution in [3.05, 3.63) is 0 Å². The minimum atomic E-state index is -2.76. The normalized spacial score (nSPS) is 19.6. The van der Waals surface area contributed by atoms with Crippen molar-refractivity contribution in [1.29, 1.82) is 0 Å². The van der Waals surface area contributed by atoms with E-state index in [9.17, 15) is 8.42 Å². The smallest absolute Gasteiger partial charge is 0.150 e. The molecule has 1 rings (SSSR count). The van der Waals surface area contributed by atoms with E-state index >= 15 is 0 Å². The van der Waals surface area contributed by atoms with Crippen LogP contribution >= 0.6 is 0 Å². The molecule has 0 aromatic heterocycles. The highest BCUT2D eigenvalue weighted by atomic mass is 32.2. The lowest BCUT2D eigenvalue weighted by Crippen LogP contribution is -2.29. The van der Waals surface area contributed by atoms with Crippen LogP contribution in [-0.4, -0.2) is 32.5 Å². The molecule has 0 aromatic rings. The predicted octanol–water partition coefficient (Wildman–Crippen LogP) is 1.20. The fourth-order valence-corrected chi connectivity index (χ4v) is 2.40. The van der Waals surface area contributed by atoms with Gasteiger partial charge in [0.2, 0.25) is 0 Å². The Hall–Kier alpha value is -0.0900. The SMILES string of the molecule is CCS(=O)(=O)CCCNC(C)C1CC1. The minimum Gasteiger partial charge on any atom is -0.314 e. The average Bonchev–Trinajstić information content (AvgIpc) is 2.95. The molecular formula is C10H21NO2S. The van der Waals surface area contributed by atoms with E-state index in [4.69, 9.17) is 0 Å². The molecule has 1 aliphatic rings. The van der Waals surface area contributed by atoms with Gasteiger partial charge < -0.3 is 5.32 Å². The highest BCUT2D eigenvalue weighted by Gasteiger charge is 2.27. The summed E-state index contributed by atoms with van der Waals surface area (Å²) >= 11 is 0. The van der Waals surface area contributed by atoms with Crippen LogP contribution in [0.25, 0.3) is 0 Å². The lowest BCUT2D eigenvalue weighted by molar-refractivity contribution is 0.495. The maximum atomic E-state index is 11.2. The van der Waals surface area contributed by atoms with Gasteiger partial charge >= 0.3 is 0 Å². The maximum Gasteiger partial charge on any atom is 0.150 e. The third-order valence-corrected chi connectivity index (χ3v) is 4.66. The topological polar surface area (TPSA) is 46.2 Å². The largest absolute Gasteiger partial charge is 0.314 e. The standard InChI is InChI=1S/C10H21NO2S/c1-3-14(12,13)8-4-7-11-9(2)10-5-6-10/h9-11H,3-8H2,1-2H3. The molecule has 0 amide bonds. The van der Waals surface area contributed by atoms with Gasteiger partial charge in [-0.25, -0.2) is 8.42 Å². The van der Waals surface area contributed by atoms with Gasteiger partial charge in [0.1, 0.15) is 9.84 Å². The molecule has 0 saturated heterocycles. The van der Waals surface area contributed by atoms with Crippen LogP contribution in [0.3, 0.4) is 0 Å². The number of sulfone groups is 1. The zero-order chi connectivity index (χ0) is 10.6. The number of rotatable bonds is 7. The lowest BCUT2D eigenvalue weighted by atomic mass is 10.2. The van der Waals surface area contributed by atoms with Gasteiger partial charge in [0.05, 0.1) is 5.75 Å². The molecule has 84 valence electrons. The second-order valence-corrected chi connectivity index (χ2v) is 6.64. The fourth-order valence-electron chi connectivity index (χ4n) is 1.53. The first-order valence-corrected chi connectivity index (χ1v) is 7.31. The van der Waals surface area contributed by atoms with Crippen molar-refractivity contribution in [2.24, 2.45) is 5.92 Å². The predicted molar refractivity (Wildman–Crippen MR) is 59.1 cm³/mol. The van der Waals surface area contributed by atoms with Gasteiger partial charge in [-0.3, -0.25) is 0 Å². The number of hydrogen-bond acceptors (Lipinski definition) is 3. The van der Waals surface area contributed by atoms with E-state index in [-0.39, 0.29) is 5.75 Å². The molecule has 0 heterocycles. The summed E-state index contributed by atoms with van der Waals surface area (Å²) in [7, 11) is -2.76. The molecule has 0 spiro atoms. The molecule has 1 saturated carbocycles. The summed E-state index contributed by atoms with van der Waals surface area (Å²) in [6, 6.07) is 0.569. The summed E-state index contributed by atoms with van der Waals surface area (Å²) in [6.45, 7) is 4.72. The molecular weight excluding hydrogens is 198 g/mol. The van der Waals surface area contributed by atoms with Crippen molar-refractivity contribution in [2.45, 2.75) is 39.2 Å². The third kappa shape index (κ3) is 4.42. The second kappa shape index (κ2) is 5.12. The number of nitrogens with one attached hydrogen (secondary N) is 1. The molecule has 0 bridgehead atoms. The third-order valence-electron chi connectivity index (χ3n) is 2.87. The van der Waals surface area contributed by atoms with Crippen molar-refractivity contribution in [2.75, 3.05) is 18.1 Å². The average molecular weight is 219 g/mol. The highest BCUT2D eigenvalue weighted by molar-refractivity contribution is 7.91. The molecule has 1 aliphatic carbocycles. The van der Waals surface area contributed by atoms with Crippen molar-refractivity contribution >= 4 is 9.84 Å². The van der Waals surface area contributed by atoms with Crippen LogP contribution in [0.2, 0.25) is 0 Å². The van der Waals surface area contributed by atoms with Gasteiger partial charge in [-0.2, -0.15) is 0 Å². The Morgan fingerprint density at radius 2 is 2.07 bits per heavy atom. The molecule has 1 atom stereocenters. The second-order valence-electron chi connectivity index (χ2n) is 4.17. The Bertz CT molecular complexity index is 257. The Morgan fingerprint density at radius 3 is 2.57 bits per heavy atom. The first kappa shape index (κ1) is 12.0. The Morgan fingerprint density at radius 1 is 1.43 bits per heavy atom. The van der Waals surface area contributed by atoms with Crippen LogP contribution in [-0.2, 0) is 9.84 Å². The summed E-state index contributed by atoms with van der Waals surface area (Å²) in [5.41, 5.74) is 0. The summed E-state index contributed by atoms with van der Waals surface area (Å²) in [6.07, 6.45) is 3.41. The monoisotopic (exact) mass is 219 g/mol. The van der Waals surface area contributed by atoms with E-state index in [0.29, 0.717) is 11.8 Å². The molecule has 1 unspecified atom stereocenters. The van der Waals surface area contributed by atoms with E-state index < -0.39 is 9.84 Å². The van der Waals surface area contributed by atoms with Crippen LogP contribution in [0.4, 0.5) is 0 Å². The van der Waals surface area contributed by atoms with E-state index in [2.05, 4.69) is 12.2 Å². The summed E-state index contributed by atoms with van der Waals surface area (Å²) < 4.78 is 22.3. The van der Waals surface area contributed by atoms with E-state index in [1.165, 1.54) is 12.8 Å². The molecule has 0 aromatic carbocycles. The van der Waals surface area contributed by atoms with Crippen LogP contribution in [0.1, 0.15) is 33.1 Å². The van der Waals surface area contributed by atoms with Gasteiger partial charge in [0, 0.05) is 11.8 Å². The quantitative estimate of drug-likeness (QED) is 0.654. The summed E-state index contributed by atoms with van der Waals surface area (Å²) in [5.74, 6) is 1.44. The van der Waals surface area contributed by atoms with Crippen molar-refractivity contribution < 1.29 is 8.42 Å². The molecule has 1 N–H and O–H groups in total. The molecule has 1 fully saturated rings. The molecule has 0 radical (unpaired) electrons. The molecule has 3 nitrogen and oxygen atoms in total. The number of hydrogen-bond donors (Lipinski definition) is 1. The summed E-state index contributed by atoms with van der Waals surface area (Å²) in [4.78, 5) is 0. The molecule has 0 aliphatic heterocycles. The Balaban J connectivity index is 2.04. The van der Waals surface area contributed by atoms with Crippen molar-refractivity contribution in [1.82, 2.24) is 5.32 Å². The van der Waals surface area contributed by atoms with Gasteiger partial charge in [0.25, 0.3) is 0 Å². The van der Waals surface area contributed by atoms with Crippen LogP contribution in [0.5, 0.6) is 0 Å². The van der Waals surface area contributed by atoms with E-state index in [1.54, 1.807) is 6.92 Å². The van der Waals surface area contributed by atoms with Gasteiger partial charge in [0.15, 0.2) is 0 Å². The zero-order valence-electron chi connectivity index (χ0n) is 9.12. The zero-order valence-corrected chi connectivity index (χ0v) is 9.94. The highest BCUT2D eigenvalue weighted by Crippen LogP contribution is 2.32. The van der Waals surface area contributed by atoms with Gasteiger partial charge in [-0.1, -0.05) is 6.92 Å². The van der Waals surface area contributed by atoms with Gasteiger partial charge in [-0.05, 0) is 38.6 Å². The Kier molecular flexibility index (Phi) is 4.38. The van der Waals surface area contributed by atoms with Gasteiger partial charge in [-0.15, -0.1) is 0 Å². The van der Waals surface area contributed by atoms with Crippen molar-refractivity contribution in [3.8, 4) is 0 Å². The van der Waals surface area contributed by atoms with E-state index in [1.807, 2.05) is 0 Å².